The highest BCUT2D eigenvalue weighted by Crippen LogP contribution is 2.12. The lowest BCUT2D eigenvalue weighted by molar-refractivity contribution is -0.119. The Bertz CT molecular complexity index is 247. The van der Waals surface area contributed by atoms with Gasteiger partial charge in [-0.1, -0.05) is 0 Å². The van der Waals surface area contributed by atoms with E-state index in [0.717, 1.165) is 25.9 Å². The van der Waals surface area contributed by atoms with E-state index in [9.17, 15) is 9.59 Å². The predicted molar refractivity (Wildman–Crippen MR) is 57.2 cm³/mol. The van der Waals surface area contributed by atoms with Gasteiger partial charge in [0.1, 0.15) is 6.54 Å². The van der Waals surface area contributed by atoms with Crippen molar-refractivity contribution < 1.29 is 9.59 Å². The molecule has 5 nitrogen and oxygen atoms in total. The van der Waals surface area contributed by atoms with Crippen molar-refractivity contribution in [3.8, 4) is 0 Å². The third-order valence-electron chi connectivity index (χ3n) is 2.57. The standard InChI is InChI=1S/C10H19N3O2/c1-8(2)13(7-9(11)14)10(15)12-5-3-4-6-12/h8H,3-7H2,1-2H3,(H2,11,14). The lowest BCUT2D eigenvalue weighted by atomic mass is 10.3. The van der Waals surface area contributed by atoms with E-state index >= 15 is 0 Å². The fourth-order valence-electron chi connectivity index (χ4n) is 1.73. The number of primary amides is 1. The molecule has 1 rings (SSSR count). The van der Waals surface area contributed by atoms with Crippen LogP contribution in [0.3, 0.4) is 0 Å². The summed E-state index contributed by atoms with van der Waals surface area (Å²) in [6.07, 6.45) is 2.10. The van der Waals surface area contributed by atoms with Crippen molar-refractivity contribution in [2.24, 2.45) is 5.73 Å². The fraction of sp³-hybridized carbons (Fsp3) is 0.800. The smallest absolute Gasteiger partial charge is 0.320 e. The van der Waals surface area contributed by atoms with Crippen LogP contribution in [0.1, 0.15) is 26.7 Å². The largest absolute Gasteiger partial charge is 0.368 e. The summed E-state index contributed by atoms with van der Waals surface area (Å²) in [7, 11) is 0. The van der Waals surface area contributed by atoms with Gasteiger partial charge in [0.15, 0.2) is 0 Å². The Morgan fingerprint density at radius 3 is 2.27 bits per heavy atom. The third-order valence-corrected chi connectivity index (χ3v) is 2.57. The molecule has 0 radical (unpaired) electrons. The van der Waals surface area contributed by atoms with Crippen molar-refractivity contribution >= 4 is 11.9 Å². The average Bonchev–Trinajstić information content (AvgIpc) is 2.65. The molecule has 0 saturated carbocycles. The number of urea groups is 1. The van der Waals surface area contributed by atoms with Crippen molar-refractivity contribution in [1.29, 1.82) is 0 Å². The van der Waals surface area contributed by atoms with Gasteiger partial charge in [-0.05, 0) is 26.7 Å². The molecule has 0 atom stereocenters. The molecule has 0 bridgehead atoms. The number of rotatable bonds is 3. The van der Waals surface area contributed by atoms with Crippen molar-refractivity contribution in [3.05, 3.63) is 0 Å². The molecule has 1 aliphatic heterocycles. The van der Waals surface area contributed by atoms with E-state index in [0.29, 0.717) is 0 Å². The molecule has 15 heavy (non-hydrogen) atoms. The first-order chi connectivity index (χ1) is 7.02. The van der Waals surface area contributed by atoms with Gasteiger partial charge in [-0.25, -0.2) is 4.79 Å². The molecule has 1 heterocycles. The zero-order valence-corrected chi connectivity index (χ0v) is 9.40. The maximum atomic E-state index is 12.0. The van der Waals surface area contributed by atoms with E-state index in [1.165, 1.54) is 4.90 Å². The summed E-state index contributed by atoms with van der Waals surface area (Å²) in [6.45, 7) is 5.36. The Morgan fingerprint density at radius 1 is 1.33 bits per heavy atom. The molecule has 0 aromatic heterocycles. The van der Waals surface area contributed by atoms with E-state index in [2.05, 4.69) is 0 Å². The van der Waals surface area contributed by atoms with Crippen LogP contribution < -0.4 is 5.73 Å². The minimum absolute atomic E-state index is 0.00519. The second kappa shape index (κ2) is 5.00. The number of likely N-dealkylation sites (tertiary alicyclic amines) is 1. The Kier molecular flexibility index (Phi) is 3.94. The summed E-state index contributed by atoms with van der Waals surface area (Å²) in [4.78, 5) is 26.1. The summed E-state index contributed by atoms with van der Waals surface area (Å²) in [5, 5.41) is 0. The van der Waals surface area contributed by atoms with E-state index in [1.807, 2.05) is 13.8 Å². The first kappa shape index (κ1) is 11.8. The topological polar surface area (TPSA) is 66.6 Å². The predicted octanol–water partition coefficient (Wildman–Crippen LogP) is 0.398. The lowest BCUT2D eigenvalue weighted by Crippen LogP contribution is -2.48. The monoisotopic (exact) mass is 213 g/mol. The van der Waals surface area contributed by atoms with Crippen LogP contribution >= 0.6 is 0 Å². The molecule has 1 aliphatic rings. The SMILES string of the molecule is CC(C)N(CC(N)=O)C(=O)N1CCCC1. The fourth-order valence-corrected chi connectivity index (χ4v) is 1.73. The molecule has 0 aromatic rings. The Labute approximate surface area is 90.2 Å². The van der Waals surface area contributed by atoms with Crippen LogP contribution in [0.2, 0.25) is 0 Å². The number of carbonyl (C=O) groups excluding carboxylic acids is 2. The molecule has 1 saturated heterocycles. The molecule has 0 aromatic carbocycles. The first-order valence-electron chi connectivity index (χ1n) is 5.36. The Balaban J connectivity index is 2.61. The molecule has 86 valence electrons. The summed E-state index contributed by atoms with van der Waals surface area (Å²) >= 11 is 0. The quantitative estimate of drug-likeness (QED) is 0.737. The van der Waals surface area contributed by atoms with Crippen molar-refractivity contribution in [2.45, 2.75) is 32.7 Å². The van der Waals surface area contributed by atoms with E-state index in [1.54, 1.807) is 4.90 Å². The molecular weight excluding hydrogens is 194 g/mol. The number of nitrogens with two attached hydrogens (primary N) is 1. The number of nitrogens with zero attached hydrogens (tertiary/aromatic N) is 2. The van der Waals surface area contributed by atoms with E-state index in [4.69, 9.17) is 5.73 Å². The average molecular weight is 213 g/mol. The van der Waals surface area contributed by atoms with Gasteiger partial charge < -0.3 is 15.5 Å². The van der Waals surface area contributed by atoms with Crippen molar-refractivity contribution in [2.75, 3.05) is 19.6 Å². The normalized spacial score (nSPS) is 15.8. The minimum atomic E-state index is -0.462. The van der Waals surface area contributed by atoms with Crippen LogP contribution in [-0.4, -0.2) is 47.4 Å². The molecule has 1 fully saturated rings. The van der Waals surface area contributed by atoms with Gasteiger partial charge in [0, 0.05) is 19.1 Å². The van der Waals surface area contributed by atoms with Crippen LogP contribution in [0.5, 0.6) is 0 Å². The van der Waals surface area contributed by atoms with Gasteiger partial charge in [0.25, 0.3) is 0 Å². The summed E-state index contributed by atoms with van der Waals surface area (Å²) in [6, 6.07) is -0.0631. The molecule has 0 aliphatic carbocycles. The van der Waals surface area contributed by atoms with Crippen LogP contribution in [0.15, 0.2) is 0 Å². The second-order valence-corrected chi connectivity index (χ2v) is 4.16. The molecule has 0 unspecified atom stereocenters. The number of carbonyl (C=O) groups is 2. The second-order valence-electron chi connectivity index (χ2n) is 4.16. The van der Waals surface area contributed by atoms with Crippen LogP contribution in [0.25, 0.3) is 0 Å². The highest BCUT2D eigenvalue weighted by Gasteiger charge is 2.26. The summed E-state index contributed by atoms with van der Waals surface area (Å²) in [5.74, 6) is -0.462. The Morgan fingerprint density at radius 2 is 1.87 bits per heavy atom. The molecule has 2 N–H and O–H groups in total. The van der Waals surface area contributed by atoms with Crippen molar-refractivity contribution in [3.63, 3.8) is 0 Å². The zero-order chi connectivity index (χ0) is 11.4. The minimum Gasteiger partial charge on any atom is -0.368 e. The van der Waals surface area contributed by atoms with Gasteiger partial charge in [-0.2, -0.15) is 0 Å². The van der Waals surface area contributed by atoms with Gasteiger partial charge in [-0.15, -0.1) is 0 Å². The van der Waals surface area contributed by atoms with Gasteiger partial charge in [-0.3, -0.25) is 4.79 Å². The molecule has 5 heteroatoms. The van der Waals surface area contributed by atoms with E-state index < -0.39 is 5.91 Å². The zero-order valence-electron chi connectivity index (χ0n) is 9.40. The third kappa shape index (κ3) is 3.11. The maximum absolute atomic E-state index is 12.0. The van der Waals surface area contributed by atoms with Gasteiger partial charge in [0.2, 0.25) is 5.91 Å². The van der Waals surface area contributed by atoms with Gasteiger partial charge >= 0.3 is 6.03 Å². The van der Waals surface area contributed by atoms with Crippen LogP contribution in [0, 0.1) is 0 Å². The molecule has 0 spiro atoms. The lowest BCUT2D eigenvalue weighted by Gasteiger charge is -2.29. The van der Waals surface area contributed by atoms with Crippen molar-refractivity contribution in [1.82, 2.24) is 9.80 Å². The highest BCUT2D eigenvalue weighted by atomic mass is 16.2. The van der Waals surface area contributed by atoms with E-state index in [-0.39, 0.29) is 18.6 Å². The van der Waals surface area contributed by atoms with Gasteiger partial charge in [0.05, 0.1) is 0 Å². The van der Waals surface area contributed by atoms with Crippen LogP contribution in [0.4, 0.5) is 4.79 Å². The highest BCUT2D eigenvalue weighted by molar-refractivity contribution is 5.83. The maximum Gasteiger partial charge on any atom is 0.320 e. The number of hydrogen-bond acceptors (Lipinski definition) is 2. The number of hydrogen-bond donors (Lipinski definition) is 1. The molecule has 3 amide bonds. The van der Waals surface area contributed by atoms with Crippen LogP contribution in [-0.2, 0) is 4.79 Å². The Hall–Kier alpha value is -1.26. The number of amides is 3. The first-order valence-corrected chi connectivity index (χ1v) is 5.36. The summed E-state index contributed by atoms with van der Waals surface area (Å²) in [5.41, 5.74) is 5.12. The summed E-state index contributed by atoms with van der Waals surface area (Å²) < 4.78 is 0. The molecular formula is C10H19N3O2.